The number of carbonyl (C=O) groups is 2. The second kappa shape index (κ2) is 6.52. The van der Waals surface area contributed by atoms with Crippen molar-refractivity contribution in [2.45, 2.75) is 0 Å². The van der Waals surface area contributed by atoms with E-state index in [1.54, 1.807) is 0 Å². The Balaban J connectivity index is 2.34. The molecule has 0 atom stereocenters. The molecule has 4 nitrogen and oxygen atoms in total. The molecule has 0 radical (unpaired) electrons. The average Bonchev–Trinajstić information content (AvgIpc) is 2.91. The normalized spacial score (nSPS) is 18.0. The van der Waals surface area contributed by atoms with Crippen LogP contribution in [-0.4, -0.2) is 41.1 Å². The number of hydrogen-bond donors (Lipinski definition) is 0. The van der Waals surface area contributed by atoms with Gasteiger partial charge < -0.3 is 0 Å². The summed E-state index contributed by atoms with van der Waals surface area (Å²) in [5, 5.41) is 0. The van der Waals surface area contributed by atoms with E-state index in [1.165, 1.54) is 37.7 Å². The number of ether oxygens (including phenoxy) is 2. The maximum atomic E-state index is 11.7. The van der Waals surface area contributed by atoms with Gasteiger partial charge in [-0.25, -0.2) is 0 Å². The Bertz CT molecular complexity index is 502. The molecule has 0 aromatic carbocycles. The van der Waals surface area contributed by atoms with Crippen LogP contribution in [0.5, 0.6) is 0 Å². The molecule has 2 aliphatic rings. The van der Waals surface area contributed by atoms with E-state index in [1.807, 2.05) is 12.2 Å². The Morgan fingerprint density at radius 1 is 1.00 bits per heavy atom. The van der Waals surface area contributed by atoms with Crippen LogP contribution < -0.4 is 0 Å². The first-order valence-electron chi connectivity index (χ1n) is 5.16. The van der Waals surface area contributed by atoms with Crippen molar-refractivity contribution in [1.82, 2.24) is 0 Å². The van der Waals surface area contributed by atoms with Crippen LogP contribution in [0.4, 0.5) is 0 Å². The van der Waals surface area contributed by atoms with Gasteiger partial charge in [0.15, 0.2) is 0 Å². The van der Waals surface area contributed by atoms with Crippen LogP contribution in [0.25, 0.3) is 0 Å². The SMILES string of the molecule is COC(=O)C1=C(C(=O)OC)SC(=C2C=C[Se]C=C2)S1. The molecule has 0 amide bonds. The average molecular weight is 361 g/mol. The molecule has 7 heteroatoms. The number of allylic oxidation sites excluding steroid dienone is 3. The molecule has 0 saturated carbocycles. The first-order valence-corrected chi connectivity index (χ1v) is 8.78. The summed E-state index contributed by atoms with van der Waals surface area (Å²) >= 11 is 2.90. The second-order valence-electron chi connectivity index (χ2n) is 3.33. The van der Waals surface area contributed by atoms with Crippen LogP contribution >= 0.6 is 23.5 Å². The monoisotopic (exact) mass is 362 g/mol. The Morgan fingerprint density at radius 2 is 1.47 bits per heavy atom. The molecule has 0 fully saturated rings. The van der Waals surface area contributed by atoms with Gasteiger partial charge in [-0.1, -0.05) is 0 Å². The number of hydrogen-bond acceptors (Lipinski definition) is 6. The molecule has 19 heavy (non-hydrogen) atoms. The summed E-state index contributed by atoms with van der Waals surface area (Å²) in [6.45, 7) is 0. The van der Waals surface area contributed by atoms with E-state index in [-0.39, 0.29) is 0 Å². The molecule has 2 aliphatic heterocycles. The van der Waals surface area contributed by atoms with Crippen LogP contribution in [0.2, 0.25) is 0 Å². The van der Waals surface area contributed by atoms with E-state index in [9.17, 15) is 9.59 Å². The van der Waals surface area contributed by atoms with Crippen LogP contribution in [0.1, 0.15) is 0 Å². The van der Waals surface area contributed by atoms with E-state index >= 15 is 0 Å². The molecule has 2 heterocycles. The summed E-state index contributed by atoms with van der Waals surface area (Å²) in [6.07, 6.45) is 4.01. The predicted molar refractivity (Wildman–Crippen MR) is 77.3 cm³/mol. The molecular formula is C12H10O4S2Se. The fourth-order valence-corrected chi connectivity index (χ4v) is 4.95. The summed E-state index contributed by atoms with van der Waals surface area (Å²) in [4.78, 5) is 28.1. The van der Waals surface area contributed by atoms with Gasteiger partial charge in [0.25, 0.3) is 0 Å². The van der Waals surface area contributed by atoms with E-state index < -0.39 is 11.9 Å². The van der Waals surface area contributed by atoms with Crippen molar-refractivity contribution in [3.63, 3.8) is 0 Å². The van der Waals surface area contributed by atoms with Gasteiger partial charge in [-0.2, -0.15) is 0 Å². The molecule has 2 rings (SSSR count). The van der Waals surface area contributed by atoms with Gasteiger partial charge in [0, 0.05) is 0 Å². The molecule has 0 spiro atoms. The fraction of sp³-hybridized carbons (Fsp3) is 0.167. The minimum atomic E-state index is -0.513. The second-order valence-corrected chi connectivity index (χ2v) is 7.34. The van der Waals surface area contributed by atoms with Crippen LogP contribution in [0.15, 0.2) is 41.7 Å². The molecule has 0 unspecified atom stereocenters. The standard InChI is InChI=1S/C12H10O4S2Se/c1-15-10(13)8-9(11(14)16-2)18-12(17-8)7-3-5-19-6-4-7/h3-6H,1-2H3. The summed E-state index contributed by atoms with van der Waals surface area (Å²) in [6, 6.07) is 0. The molecular weight excluding hydrogens is 351 g/mol. The third-order valence-electron chi connectivity index (χ3n) is 2.23. The number of esters is 2. The molecule has 0 N–H and O–H groups in total. The number of rotatable bonds is 2. The van der Waals surface area contributed by atoms with E-state index in [2.05, 4.69) is 9.95 Å². The molecule has 100 valence electrons. The van der Waals surface area contributed by atoms with Crippen molar-refractivity contribution in [2.75, 3.05) is 14.2 Å². The topological polar surface area (TPSA) is 52.6 Å². The zero-order chi connectivity index (χ0) is 13.8. The zero-order valence-electron chi connectivity index (χ0n) is 10.2. The maximum absolute atomic E-state index is 11.7. The number of methoxy groups -OCH3 is 2. The first-order chi connectivity index (χ1) is 9.17. The van der Waals surface area contributed by atoms with Crippen LogP contribution in [-0.2, 0) is 19.1 Å². The predicted octanol–water partition coefficient (Wildman–Crippen LogP) is 1.98. The molecule has 0 aromatic heterocycles. The van der Waals surface area contributed by atoms with E-state index in [0.29, 0.717) is 24.8 Å². The number of thioether (sulfide) groups is 2. The van der Waals surface area contributed by atoms with Gasteiger partial charge >= 0.3 is 125 Å². The van der Waals surface area contributed by atoms with Crippen molar-refractivity contribution in [3.05, 3.63) is 41.7 Å². The third-order valence-corrected chi connectivity index (χ3v) is 6.08. The van der Waals surface area contributed by atoms with Crippen LogP contribution in [0, 0.1) is 0 Å². The Hall–Kier alpha value is -0.881. The summed E-state index contributed by atoms with van der Waals surface area (Å²) in [5.41, 5.74) is 1.00. The van der Waals surface area contributed by atoms with Gasteiger partial charge in [-0.05, 0) is 0 Å². The van der Waals surface area contributed by atoms with Gasteiger partial charge in [0.2, 0.25) is 0 Å². The van der Waals surface area contributed by atoms with Crippen LogP contribution in [0.3, 0.4) is 0 Å². The van der Waals surface area contributed by atoms with Gasteiger partial charge in [-0.3, -0.25) is 0 Å². The van der Waals surface area contributed by atoms with Crippen molar-refractivity contribution in [3.8, 4) is 0 Å². The van der Waals surface area contributed by atoms with Crippen molar-refractivity contribution in [1.29, 1.82) is 0 Å². The van der Waals surface area contributed by atoms with Crippen molar-refractivity contribution >= 4 is 50.4 Å². The summed E-state index contributed by atoms with van der Waals surface area (Å²) in [7, 11) is 2.59. The molecule has 0 saturated heterocycles. The number of carbonyl (C=O) groups excluding carboxylic acids is 2. The summed E-state index contributed by atoms with van der Waals surface area (Å²) in [5.74, 6) is -1.03. The zero-order valence-corrected chi connectivity index (χ0v) is 13.5. The Kier molecular flexibility index (Phi) is 4.99. The van der Waals surface area contributed by atoms with Gasteiger partial charge in [-0.15, -0.1) is 0 Å². The quantitative estimate of drug-likeness (QED) is 0.554. The Labute approximate surface area is 125 Å². The van der Waals surface area contributed by atoms with Gasteiger partial charge in [0.05, 0.1) is 0 Å². The van der Waals surface area contributed by atoms with Crippen molar-refractivity contribution < 1.29 is 19.1 Å². The van der Waals surface area contributed by atoms with Gasteiger partial charge in [0.1, 0.15) is 0 Å². The first kappa shape index (κ1) is 14.5. The fourth-order valence-electron chi connectivity index (χ4n) is 1.33. The molecule has 0 bridgehead atoms. The van der Waals surface area contributed by atoms with E-state index in [0.717, 1.165) is 9.81 Å². The van der Waals surface area contributed by atoms with E-state index in [4.69, 9.17) is 9.47 Å². The Morgan fingerprint density at radius 3 is 1.89 bits per heavy atom. The molecule has 0 aromatic rings. The summed E-state index contributed by atoms with van der Waals surface area (Å²) < 4.78 is 10.3. The minimum absolute atomic E-state index is 0.291. The van der Waals surface area contributed by atoms with Crippen molar-refractivity contribution in [2.24, 2.45) is 0 Å². The third kappa shape index (κ3) is 3.17. The molecule has 0 aliphatic carbocycles.